The molecule has 0 saturated heterocycles. The van der Waals surface area contributed by atoms with Crippen molar-refractivity contribution in [3.63, 3.8) is 0 Å². The molecule has 32 heavy (non-hydrogen) atoms. The largest absolute Gasteiger partial charge is 0.460 e. The molecule has 2 N–H and O–H groups in total. The van der Waals surface area contributed by atoms with E-state index in [0.717, 1.165) is 0 Å². The van der Waals surface area contributed by atoms with Gasteiger partial charge in [0.2, 0.25) is 0 Å². The fourth-order valence-electron chi connectivity index (χ4n) is 1.69. The minimum Gasteiger partial charge on any atom is -0.460 e. The summed E-state index contributed by atoms with van der Waals surface area (Å²) in [6.45, 7) is 20.1. The number of aliphatic hydroxyl groups excluding tert-OH is 2. The lowest BCUT2D eigenvalue weighted by molar-refractivity contribution is -0.149. The van der Waals surface area contributed by atoms with E-state index in [-0.39, 0.29) is 44.2 Å². The van der Waals surface area contributed by atoms with Gasteiger partial charge in [-0.25, -0.2) is 9.59 Å². The van der Waals surface area contributed by atoms with Crippen LogP contribution in [0.5, 0.6) is 0 Å². The van der Waals surface area contributed by atoms with Crippen molar-refractivity contribution in [1.82, 2.24) is 0 Å². The van der Waals surface area contributed by atoms with Gasteiger partial charge in [0, 0.05) is 11.1 Å². The highest BCUT2D eigenvalue weighted by Crippen LogP contribution is 2.02. The lowest BCUT2D eigenvalue weighted by atomic mass is 10.3. The molecule has 9 heteroatoms. The second kappa shape index (κ2) is 18.8. The van der Waals surface area contributed by atoms with E-state index < -0.39 is 18.0 Å². The molecule has 0 bridgehead atoms. The summed E-state index contributed by atoms with van der Waals surface area (Å²) in [6.07, 6.45) is -1.32. The van der Waals surface area contributed by atoms with Crippen LogP contribution in [0.1, 0.15) is 48.5 Å². The van der Waals surface area contributed by atoms with Crippen molar-refractivity contribution in [3.05, 3.63) is 24.3 Å². The first-order valence-electron chi connectivity index (χ1n) is 10.6. The van der Waals surface area contributed by atoms with Crippen molar-refractivity contribution >= 4 is 11.9 Å². The van der Waals surface area contributed by atoms with Gasteiger partial charge in [0.15, 0.2) is 0 Å². The van der Waals surface area contributed by atoms with E-state index in [1.54, 1.807) is 41.5 Å². The Kier molecular flexibility index (Phi) is 19.0. The maximum atomic E-state index is 11.2. The second-order valence-corrected chi connectivity index (χ2v) is 7.84. The SMILES string of the molecule is C=C(C)C(=O)OCC(C)OCC(C)OC(=O)C(=C)C.CC(O)COC(C)COC(C)CO. The summed E-state index contributed by atoms with van der Waals surface area (Å²) in [7, 11) is 0. The number of aliphatic hydroxyl groups is 2. The number of hydrogen-bond acceptors (Lipinski definition) is 9. The highest BCUT2D eigenvalue weighted by atomic mass is 16.6. The summed E-state index contributed by atoms with van der Waals surface area (Å²) in [5, 5.41) is 17.6. The summed E-state index contributed by atoms with van der Waals surface area (Å²) in [6, 6.07) is 0. The van der Waals surface area contributed by atoms with Gasteiger partial charge in [-0.15, -0.1) is 0 Å². The molecule has 0 heterocycles. The van der Waals surface area contributed by atoms with Crippen molar-refractivity contribution < 1.29 is 43.5 Å². The lowest BCUT2D eigenvalue weighted by Crippen LogP contribution is -2.26. The van der Waals surface area contributed by atoms with Crippen molar-refractivity contribution in [2.75, 3.05) is 33.0 Å². The Hall–Kier alpha value is -1.78. The molecule has 0 aromatic carbocycles. The van der Waals surface area contributed by atoms with Crippen LogP contribution in [0.3, 0.4) is 0 Å². The minimum absolute atomic E-state index is 0.0170. The molecule has 188 valence electrons. The highest BCUT2D eigenvalue weighted by molar-refractivity contribution is 5.87. The third-order valence-electron chi connectivity index (χ3n) is 3.56. The van der Waals surface area contributed by atoms with Crippen molar-refractivity contribution in [2.45, 2.75) is 79.0 Å². The number of hydrogen-bond donors (Lipinski definition) is 2. The van der Waals surface area contributed by atoms with Crippen LogP contribution >= 0.6 is 0 Å². The van der Waals surface area contributed by atoms with Gasteiger partial charge in [-0.2, -0.15) is 0 Å². The maximum Gasteiger partial charge on any atom is 0.333 e. The quantitative estimate of drug-likeness (QED) is 0.279. The minimum atomic E-state index is -0.447. The van der Waals surface area contributed by atoms with E-state index in [2.05, 4.69) is 13.2 Å². The Morgan fingerprint density at radius 3 is 1.62 bits per heavy atom. The van der Waals surface area contributed by atoms with Gasteiger partial charge in [-0.1, -0.05) is 13.2 Å². The molecule has 5 atom stereocenters. The molecule has 5 unspecified atom stereocenters. The van der Waals surface area contributed by atoms with Gasteiger partial charge < -0.3 is 33.9 Å². The zero-order valence-electron chi connectivity index (χ0n) is 20.6. The third kappa shape index (κ3) is 20.1. The van der Waals surface area contributed by atoms with E-state index in [9.17, 15) is 9.59 Å². The zero-order chi connectivity index (χ0) is 25.3. The number of carbonyl (C=O) groups excluding carboxylic acids is 2. The average molecular weight is 463 g/mol. The average Bonchev–Trinajstić information content (AvgIpc) is 2.72. The van der Waals surface area contributed by atoms with Gasteiger partial charge in [0.1, 0.15) is 12.7 Å². The third-order valence-corrected chi connectivity index (χ3v) is 3.56. The molecule has 0 aromatic heterocycles. The van der Waals surface area contributed by atoms with Crippen LogP contribution in [0.25, 0.3) is 0 Å². The van der Waals surface area contributed by atoms with Crippen molar-refractivity contribution in [1.29, 1.82) is 0 Å². The smallest absolute Gasteiger partial charge is 0.333 e. The lowest BCUT2D eigenvalue weighted by Gasteiger charge is -2.17. The summed E-state index contributed by atoms with van der Waals surface area (Å²) in [5.74, 6) is -0.894. The Bertz CT molecular complexity index is 560. The maximum absolute atomic E-state index is 11.2. The molecule has 0 radical (unpaired) electrons. The van der Waals surface area contributed by atoms with Gasteiger partial charge in [0.05, 0.1) is 50.8 Å². The predicted molar refractivity (Wildman–Crippen MR) is 121 cm³/mol. The summed E-state index contributed by atoms with van der Waals surface area (Å²) in [4.78, 5) is 22.4. The topological polar surface area (TPSA) is 121 Å². The molecule has 0 saturated carbocycles. The molecular formula is C23H42O9. The van der Waals surface area contributed by atoms with Gasteiger partial charge >= 0.3 is 11.9 Å². The van der Waals surface area contributed by atoms with Crippen molar-refractivity contribution in [3.8, 4) is 0 Å². The van der Waals surface area contributed by atoms with Crippen LogP contribution in [0.2, 0.25) is 0 Å². The highest BCUT2D eigenvalue weighted by Gasteiger charge is 2.13. The fourth-order valence-corrected chi connectivity index (χ4v) is 1.69. The van der Waals surface area contributed by atoms with Gasteiger partial charge in [0.25, 0.3) is 0 Å². The van der Waals surface area contributed by atoms with Crippen LogP contribution in [-0.4, -0.2) is 85.7 Å². The van der Waals surface area contributed by atoms with Crippen LogP contribution in [-0.2, 0) is 33.3 Å². The van der Waals surface area contributed by atoms with E-state index in [1.807, 2.05) is 6.92 Å². The molecule has 0 aromatic rings. The molecule has 0 amide bonds. The number of carbonyl (C=O) groups is 2. The Labute approximate surface area is 192 Å². The van der Waals surface area contributed by atoms with Crippen LogP contribution in [0.4, 0.5) is 0 Å². The number of esters is 2. The first-order chi connectivity index (χ1) is 14.8. The van der Waals surface area contributed by atoms with E-state index in [4.69, 9.17) is 33.9 Å². The standard InChI is InChI=1S/C14H22O5.C9H20O4/c1-9(2)13(15)18-7-11(5)17-8-12(6)19-14(16)10(3)4;1-7(11)5-12-9(3)6-13-8(2)4-10/h11-12H,1,3,7-8H2,2,4-6H3;7-11H,4-6H2,1-3H3. The molecule has 0 aliphatic rings. The Morgan fingerprint density at radius 2 is 1.16 bits per heavy atom. The molecule has 0 aliphatic heterocycles. The van der Waals surface area contributed by atoms with E-state index in [0.29, 0.717) is 24.4 Å². The zero-order valence-corrected chi connectivity index (χ0v) is 20.6. The van der Waals surface area contributed by atoms with Crippen LogP contribution < -0.4 is 0 Å². The molecule has 0 aliphatic carbocycles. The molecule has 0 rings (SSSR count). The fraction of sp³-hybridized carbons (Fsp3) is 0.739. The van der Waals surface area contributed by atoms with E-state index in [1.165, 1.54) is 0 Å². The van der Waals surface area contributed by atoms with Gasteiger partial charge in [-0.05, 0) is 48.5 Å². The number of rotatable bonds is 15. The molecule has 0 spiro atoms. The molecular weight excluding hydrogens is 420 g/mol. The summed E-state index contributed by atoms with van der Waals surface area (Å²) >= 11 is 0. The summed E-state index contributed by atoms with van der Waals surface area (Å²) in [5.41, 5.74) is 0.686. The Morgan fingerprint density at radius 1 is 0.719 bits per heavy atom. The first kappa shape index (κ1) is 32.4. The normalized spacial score (nSPS) is 15.3. The van der Waals surface area contributed by atoms with Gasteiger partial charge in [-0.3, -0.25) is 0 Å². The van der Waals surface area contributed by atoms with Crippen LogP contribution in [0.15, 0.2) is 24.3 Å². The second-order valence-electron chi connectivity index (χ2n) is 7.84. The van der Waals surface area contributed by atoms with E-state index >= 15 is 0 Å². The summed E-state index contributed by atoms with van der Waals surface area (Å²) < 4.78 is 25.8. The monoisotopic (exact) mass is 462 g/mol. The predicted octanol–water partition coefficient (Wildman–Crippen LogP) is 2.19. The molecule has 0 fully saturated rings. The van der Waals surface area contributed by atoms with Crippen molar-refractivity contribution in [2.24, 2.45) is 0 Å². The molecule has 9 nitrogen and oxygen atoms in total. The van der Waals surface area contributed by atoms with Crippen LogP contribution in [0, 0.1) is 0 Å². The first-order valence-corrected chi connectivity index (χ1v) is 10.6. The number of ether oxygens (including phenoxy) is 5. The Balaban J connectivity index is 0.